The van der Waals surface area contributed by atoms with Gasteiger partial charge in [0.15, 0.2) is 0 Å². The summed E-state index contributed by atoms with van der Waals surface area (Å²) in [5.74, 6) is 1.58. The van der Waals surface area contributed by atoms with Gasteiger partial charge in [-0.25, -0.2) is 9.97 Å². The number of hydrogen-bond donors (Lipinski definition) is 2. The summed E-state index contributed by atoms with van der Waals surface area (Å²) in [6, 6.07) is 1.83. The average molecular weight is 236 g/mol. The Morgan fingerprint density at radius 1 is 1.47 bits per heavy atom. The predicted octanol–water partition coefficient (Wildman–Crippen LogP) is 1.50. The first kappa shape index (κ1) is 13.4. The van der Waals surface area contributed by atoms with Gasteiger partial charge in [0.05, 0.1) is 0 Å². The number of aryl methyl sites for hydroxylation is 1. The zero-order valence-corrected chi connectivity index (χ0v) is 10.9. The Labute approximate surface area is 102 Å². The fraction of sp³-hybridized carbons (Fsp3) is 0.583. The zero-order chi connectivity index (χ0) is 12.9. The molecule has 0 spiro atoms. The number of nitrogens with zero attached hydrogens (tertiary/aromatic N) is 2. The molecule has 0 atom stereocenters. The first-order valence-electron chi connectivity index (χ1n) is 5.71. The highest BCUT2D eigenvalue weighted by molar-refractivity contribution is 5.75. The van der Waals surface area contributed by atoms with Crippen molar-refractivity contribution in [1.82, 2.24) is 15.3 Å². The highest BCUT2D eigenvalue weighted by Gasteiger charge is 2.19. The quantitative estimate of drug-likeness (QED) is 0.813. The van der Waals surface area contributed by atoms with Gasteiger partial charge in [0.2, 0.25) is 5.91 Å². The van der Waals surface area contributed by atoms with Crippen LogP contribution in [-0.2, 0) is 4.79 Å². The van der Waals surface area contributed by atoms with E-state index in [0.717, 1.165) is 18.1 Å². The van der Waals surface area contributed by atoms with Crippen LogP contribution in [0, 0.1) is 6.92 Å². The number of anilines is 1. The maximum atomic E-state index is 11.2. The maximum Gasteiger partial charge on any atom is 0.219 e. The van der Waals surface area contributed by atoms with Crippen LogP contribution < -0.4 is 10.6 Å². The maximum absolute atomic E-state index is 11.2. The van der Waals surface area contributed by atoms with E-state index in [1.807, 2.05) is 26.8 Å². The van der Waals surface area contributed by atoms with E-state index in [1.165, 1.54) is 0 Å². The van der Waals surface area contributed by atoms with Gasteiger partial charge in [0, 0.05) is 25.2 Å². The normalized spacial score (nSPS) is 11.1. The van der Waals surface area contributed by atoms with Crippen molar-refractivity contribution in [3.63, 3.8) is 0 Å². The molecule has 5 heteroatoms. The molecule has 0 aromatic carbocycles. The summed E-state index contributed by atoms with van der Waals surface area (Å²) in [6.45, 7) is 5.95. The van der Waals surface area contributed by atoms with E-state index in [-0.39, 0.29) is 11.4 Å². The predicted molar refractivity (Wildman–Crippen MR) is 67.8 cm³/mol. The SMILES string of the molecule is CNC(=O)CCC(C)(C)Nc1ccnc(C)n1. The Balaban J connectivity index is 2.56. The van der Waals surface area contributed by atoms with Crippen LogP contribution in [0.5, 0.6) is 0 Å². The van der Waals surface area contributed by atoms with Gasteiger partial charge in [-0.1, -0.05) is 0 Å². The molecule has 1 rings (SSSR count). The van der Waals surface area contributed by atoms with Crippen LogP contribution in [0.4, 0.5) is 5.82 Å². The number of carbonyl (C=O) groups is 1. The number of hydrogen-bond acceptors (Lipinski definition) is 4. The van der Waals surface area contributed by atoms with Crippen molar-refractivity contribution in [2.45, 2.75) is 39.2 Å². The van der Waals surface area contributed by atoms with Gasteiger partial charge in [-0.3, -0.25) is 4.79 Å². The second kappa shape index (κ2) is 5.61. The van der Waals surface area contributed by atoms with E-state index < -0.39 is 0 Å². The standard InChI is InChI=1S/C12H20N4O/c1-9-14-8-6-10(15-9)16-12(2,3)7-5-11(17)13-4/h6,8H,5,7H2,1-4H3,(H,13,17)(H,14,15,16). The van der Waals surface area contributed by atoms with Crippen LogP contribution >= 0.6 is 0 Å². The summed E-state index contributed by atoms with van der Waals surface area (Å²) in [5, 5.41) is 5.93. The number of carbonyl (C=O) groups excluding carboxylic acids is 1. The van der Waals surface area contributed by atoms with Crippen LogP contribution in [-0.4, -0.2) is 28.5 Å². The lowest BCUT2D eigenvalue weighted by Crippen LogP contribution is -2.33. The molecule has 0 aliphatic carbocycles. The Morgan fingerprint density at radius 3 is 2.76 bits per heavy atom. The Kier molecular flexibility index (Phi) is 4.43. The molecule has 1 aromatic heterocycles. The minimum atomic E-state index is -0.173. The van der Waals surface area contributed by atoms with E-state index in [1.54, 1.807) is 13.2 Å². The molecule has 5 nitrogen and oxygen atoms in total. The Hall–Kier alpha value is -1.65. The molecule has 0 bridgehead atoms. The Morgan fingerprint density at radius 2 is 2.18 bits per heavy atom. The van der Waals surface area contributed by atoms with E-state index in [4.69, 9.17) is 0 Å². The summed E-state index contributed by atoms with van der Waals surface area (Å²) in [4.78, 5) is 19.5. The lowest BCUT2D eigenvalue weighted by Gasteiger charge is -2.26. The van der Waals surface area contributed by atoms with Gasteiger partial charge in [-0.15, -0.1) is 0 Å². The molecular formula is C12H20N4O. The lowest BCUT2D eigenvalue weighted by molar-refractivity contribution is -0.120. The Bertz CT molecular complexity index is 390. The second-order valence-corrected chi connectivity index (χ2v) is 4.67. The number of rotatable bonds is 5. The summed E-state index contributed by atoms with van der Waals surface area (Å²) in [7, 11) is 1.65. The highest BCUT2D eigenvalue weighted by Crippen LogP contribution is 2.17. The third kappa shape index (κ3) is 4.80. The zero-order valence-electron chi connectivity index (χ0n) is 10.9. The van der Waals surface area contributed by atoms with Crippen LogP contribution in [0.3, 0.4) is 0 Å². The molecule has 1 aromatic rings. The molecule has 0 fully saturated rings. The molecule has 1 amide bonds. The third-order valence-electron chi connectivity index (χ3n) is 2.50. The van der Waals surface area contributed by atoms with Crippen molar-refractivity contribution in [2.24, 2.45) is 0 Å². The average Bonchev–Trinajstić information content (AvgIpc) is 2.25. The van der Waals surface area contributed by atoms with Crippen molar-refractivity contribution in [1.29, 1.82) is 0 Å². The van der Waals surface area contributed by atoms with Gasteiger partial charge >= 0.3 is 0 Å². The third-order valence-corrected chi connectivity index (χ3v) is 2.50. The molecule has 0 saturated carbocycles. The molecule has 0 unspecified atom stereocenters. The van der Waals surface area contributed by atoms with Crippen LogP contribution in [0.1, 0.15) is 32.5 Å². The number of amides is 1. The van der Waals surface area contributed by atoms with Gasteiger partial charge in [0.1, 0.15) is 11.6 Å². The largest absolute Gasteiger partial charge is 0.365 e. The van der Waals surface area contributed by atoms with E-state index in [0.29, 0.717) is 6.42 Å². The van der Waals surface area contributed by atoms with Gasteiger partial charge in [-0.05, 0) is 33.3 Å². The molecule has 17 heavy (non-hydrogen) atoms. The van der Waals surface area contributed by atoms with Crippen molar-refractivity contribution in [2.75, 3.05) is 12.4 Å². The van der Waals surface area contributed by atoms with Crippen LogP contribution in [0.25, 0.3) is 0 Å². The van der Waals surface area contributed by atoms with Crippen molar-refractivity contribution in [3.05, 3.63) is 18.1 Å². The van der Waals surface area contributed by atoms with Crippen molar-refractivity contribution >= 4 is 11.7 Å². The topological polar surface area (TPSA) is 66.9 Å². The van der Waals surface area contributed by atoms with E-state index in [2.05, 4.69) is 20.6 Å². The monoisotopic (exact) mass is 236 g/mol. The number of aromatic nitrogens is 2. The summed E-state index contributed by atoms with van der Waals surface area (Å²) in [5.41, 5.74) is -0.173. The van der Waals surface area contributed by atoms with Crippen molar-refractivity contribution in [3.8, 4) is 0 Å². The molecule has 0 radical (unpaired) electrons. The minimum Gasteiger partial charge on any atom is -0.365 e. The molecule has 2 N–H and O–H groups in total. The molecule has 0 saturated heterocycles. The van der Waals surface area contributed by atoms with Crippen LogP contribution in [0.2, 0.25) is 0 Å². The molecule has 0 aliphatic heterocycles. The lowest BCUT2D eigenvalue weighted by atomic mass is 9.98. The number of nitrogens with one attached hydrogen (secondary N) is 2. The first-order valence-corrected chi connectivity index (χ1v) is 5.71. The van der Waals surface area contributed by atoms with Gasteiger partial charge < -0.3 is 10.6 Å². The molecule has 0 aliphatic rings. The van der Waals surface area contributed by atoms with E-state index >= 15 is 0 Å². The summed E-state index contributed by atoms with van der Waals surface area (Å²) in [6.07, 6.45) is 2.97. The highest BCUT2D eigenvalue weighted by atomic mass is 16.1. The molecule has 94 valence electrons. The summed E-state index contributed by atoms with van der Waals surface area (Å²) >= 11 is 0. The van der Waals surface area contributed by atoms with Crippen molar-refractivity contribution < 1.29 is 4.79 Å². The second-order valence-electron chi connectivity index (χ2n) is 4.67. The van der Waals surface area contributed by atoms with Crippen LogP contribution in [0.15, 0.2) is 12.3 Å². The first-order chi connectivity index (χ1) is 7.93. The molecular weight excluding hydrogens is 216 g/mol. The van der Waals surface area contributed by atoms with Gasteiger partial charge in [-0.2, -0.15) is 0 Å². The van der Waals surface area contributed by atoms with E-state index in [9.17, 15) is 4.79 Å². The molecule has 1 heterocycles. The fourth-order valence-electron chi connectivity index (χ4n) is 1.49. The minimum absolute atomic E-state index is 0.0544. The van der Waals surface area contributed by atoms with Gasteiger partial charge in [0.25, 0.3) is 0 Å². The summed E-state index contributed by atoms with van der Waals surface area (Å²) < 4.78 is 0. The smallest absolute Gasteiger partial charge is 0.219 e. The fourth-order valence-corrected chi connectivity index (χ4v) is 1.49.